The molecule has 0 saturated carbocycles. The van der Waals surface area contributed by atoms with Crippen LogP contribution in [0.5, 0.6) is 0 Å². The molecule has 274 valence electrons. The lowest BCUT2D eigenvalue weighted by molar-refractivity contribution is -0.165. The molecule has 1 N–H and O–H groups in total. The van der Waals surface area contributed by atoms with Crippen molar-refractivity contribution in [3.8, 4) is 0 Å². The molecule has 0 radical (unpaired) electrons. The quantitative estimate of drug-likeness (QED) is 0.198. The number of benzene rings is 2. The van der Waals surface area contributed by atoms with Crippen LogP contribution in [0.4, 0.5) is 5.69 Å². The van der Waals surface area contributed by atoms with Crippen LogP contribution in [0.15, 0.2) is 73.8 Å². The van der Waals surface area contributed by atoms with E-state index in [0.717, 1.165) is 16.8 Å². The summed E-state index contributed by atoms with van der Waals surface area (Å²) in [6, 6.07) is 12.8. The van der Waals surface area contributed by atoms with Gasteiger partial charge in [-0.2, -0.15) is 0 Å². The van der Waals surface area contributed by atoms with Gasteiger partial charge in [-0.3, -0.25) is 19.2 Å². The van der Waals surface area contributed by atoms with Gasteiger partial charge < -0.3 is 29.3 Å². The third-order valence-corrected chi connectivity index (χ3v) is 11.2. The Morgan fingerprint density at radius 1 is 1.06 bits per heavy atom. The van der Waals surface area contributed by atoms with E-state index in [1.165, 1.54) is 4.90 Å². The Hall–Kier alpha value is -4.28. The van der Waals surface area contributed by atoms with E-state index in [9.17, 15) is 19.5 Å². The van der Waals surface area contributed by atoms with E-state index in [2.05, 4.69) is 13.2 Å². The van der Waals surface area contributed by atoms with Gasteiger partial charge in [-0.25, -0.2) is 0 Å². The highest BCUT2D eigenvalue weighted by atomic mass is 16.6. The molecule has 51 heavy (non-hydrogen) atoms. The summed E-state index contributed by atoms with van der Waals surface area (Å²) in [5, 5.41) is 10.7. The van der Waals surface area contributed by atoms with Crippen LogP contribution in [0.1, 0.15) is 69.2 Å². The third-order valence-electron chi connectivity index (χ3n) is 11.2. The summed E-state index contributed by atoms with van der Waals surface area (Å²) < 4.78 is 13.1. The van der Waals surface area contributed by atoms with Gasteiger partial charge in [-0.05, 0) is 62.6 Å². The SMILES string of the molecule is C=CCCC(=O)N(C)[C@@H](C)[C@@H](OC(=O)[C@@H]1[C@H]2C(=O)N([C@@H](CO)C(C)C)[C@H](C(=O)N(CC=C)c3c(C)cccc3C)[C@]23CC[C@H]1O3)c1ccccc1. The van der Waals surface area contributed by atoms with E-state index < -0.39 is 59.6 Å². The fourth-order valence-electron chi connectivity index (χ4n) is 8.54. The fourth-order valence-corrected chi connectivity index (χ4v) is 8.54. The lowest BCUT2D eigenvalue weighted by Gasteiger charge is -2.41. The van der Waals surface area contributed by atoms with Gasteiger partial charge in [0.2, 0.25) is 11.8 Å². The minimum atomic E-state index is -1.30. The van der Waals surface area contributed by atoms with Crippen LogP contribution in [-0.4, -0.2) is 88.6 Å². The van der Waals surface area contributed by atoms with Crippen molar-refractivity contribution < 1.29 is 33.8 Å². The molecule has 3 fully saturated rings. The minimum Gasteiger partial charge on any atom is -0.455 e. The lowest BCUT2D eigenvalue weighted by Crippen LogP contribution is -2.60. The van der Waals surface area contributed by atoms with Crippen molar-refractivity contribution in [1.29, 1.82) is 0 Å². The highest BCUT2D eigenvalue weighted by Crippen LogP contribution is 2.60. The van der Waals surface area contributed by atoms with E-state index in [4.69, 9.17) is 9.47 Å². The zero-order chi connectivity index (χ0) is 37.2. The van der Waals surface area contributed by atoms with Crippen molar-refractivity contribution in [2.45, 2.75) is 96.2 Å². The number of fused-ring (bicyclic) bond motifs is 1. The molecule has 2 bridgehead atoms. The lowest BCUT2D eigenvalue weighted by atomic mass is 9.70. The third kappa shape index (κ3) is 6.76. The normalized spacial score (nSPS) is 25.3. The van der Waals surface area contributed by atoms with E-state index in [1.54, 1.807) is 29.0 Å². The zero-order valence-corrected chi connectivity index (χ0v) is 30.8. The van der Waals surface area contributed by atoms with Crippen molar-refractivity contribution in [3.63, 3.8) is 0 Å². The van der Waals surface area contributed by atoms with Gasteiger partial charge >= 0.3 is 5.97 Å². The van der Waals surface area contributed by atoms with Gasteiger partial charge in [-0.1, -0.05) is 74.5 Å². The van der Waals surface area contributed by atoms with Gasteiger partial charge in [0, 0.05) is 25.7 Å². The Kier molecular flexibility index (Phi) is 11.6. The van der Waals surface area contributed by atoms with Crippen LogP contribution >= 0.6 is 0 Å². The molecule has 10 heteroatoms. The molecule has 8 atom stereocenters. The molecule has 0 unspecified atom stereocenters. The first-order valence-corrected chi connectivity index (χ1v) is 18.1. The number of carbonyl (C=O) groups is 4. The maximum atomic E-state index is 15.1. The molecule has 0 aromatic heterocycles. The molecule has 1 spiro atoms. The summed E-state index contributed by atoms with van der Waals surface area (Å²) in [7, 11) is 1.69. The second-order valence-electron chi connectivity index (χ2n) is 14.6. The second-order valence-corrected chi connectivity index (χ2v) is 14.6. The smallest absolute Gasteiger partial charge is 0.313 e. The van der Waals surface area contributed by atoms with Crippen LogP contribution in [0.2, 0.25) is 0 Å². The number of hydrogen-bond donors (Lipinski definition) is 1. The number of nitrogens with zero attached hydrogens (tertiary/aromatic N) is 3. The summed E-state index contributed by atoms with van der Waals surface area (Å²) in [6.07, 6.45) is 3.53. The number of carbonyl (C=O) groups excluding carboxylic acids is 4. The molecule has 3 aliphatic rings. The van der Waals surface area contributed by atoms with Gasteiger partial charge in [0.25, 0.3) is 5.91 Å². The van der Waals surface area contributed by atoms with Gasteiger partial charge in [0.05, 0.1) is 36.6 Å². The number of amides is 3. The monoisotopic (exact) mass is 699 g/mol. The summed E-state index contributed by atoms with van der Waals surface area (Å²) in [5.41, 5.74) is 1.93. The van der Waals surface area contributed by atoms with Crippen molar-refractivity contribution in [2.24, 2.45) is 17.8 Å². The number of anilines is 1. The number of aliphatic hydroxyl groups excluding tert-OH is 1. The number of esters is 1. The Labute approximate surface area is 302 Å². The number of aliphatic hydroxyl groups is 1. The van der Waals surface area contributed by atoms with E-state index in [-0.39, 0.29) is 37.3 Å². The van der Waals surface area contributed by atoms with Crippen LogP contribution in [0.3, 0.4) is 0 Å². The Morgan fingerprint density at radius 2 is 1.73 bits per heavy atom. The fraction of sp³-hybridized carbons (Fsp3) is 0.512. The van der Waals surface area contributed by atoms with Crippen LogP contribution in [0, 0.1) is 31.6 Å². The maximum Gasteiger partial charge on any atom is 0.313 e. The van der Waals surface area contributed by atoms with Crippen LogP contribution < -0.4 is 4.90 Å². The van der Waals surface area contributed by atoms with E-state index >= 15 is 4.79 Å². The van der Waals surface area contributed by atoms with Crippen molar-refractivity contribution in [3.05, 3.63) is 90.5 Å². The molecule has 5 rings (SSSR count). The average Bonchev–Trinajstić information content (AvgIpc) is 3.76. The first-order valence-electron chi connectivity index (χ1n) is 18.1. The van der Waals surface area contributed by atoms with E-state index in [1.807, 2.05) is 83.1 Å². The summed E-state index contributed by atoms with van der Waals surface area (Å²) >= 11 is 0. The number of rotatable bonds is 15. The highest BCUT2D eigenvalue weighted by molar-refractivity contribution is 6.05. The summed E-state index contributed by atoms with van der Waals surface area (Å²) in [4.78, 5) is 62.2. The molecule has 3 aliphatic heterocycles. The van der Waals surface area contributed by atoms with E-state index in [0.29, 0.717) is 24.8 Å². The predicted molar refractivity (Wildman–Crippen MR) is 196 cm³/mol. The summed E-state index contributed by atoms with van der Waals surface area (Å²) in [5.74, 6) is -3.63. The largest absolute Gasteiger partial charge is 0.455 e. The average molecular weight is 700 g/mol. The van der Waals surface area contributed by atoms with Crippen molar-refractivity contribution in [2.75, 3.05) is 25.1 Å². The van der Waals surface area contributed by atoms with Crippen molar-refractivity contribution >= 4 is 29.4 Å². The second kappa shape index (κ2) is 15.5. The topological polar surface area (TPSA) is 117 Å². The van der Waals surface area contributed by atoms with Crippen LogP contribution in [-0.2, 0) is 28.7 Å². The molecule has 0 aliphatic carbocycles. The van der Waals surface area contributed by atoms with Crippen molar-refractivity contribution in [1.82, 2.24) is 9.80 Å². The number of hydrogen-bond acceptors (Lipinski definition) is 7. The van der Waals surface area contributed by atoms with Gasteiger partial charge in [-0.15, -0.1) is 13.2 Å². The van der Waals surface area contributed by atoms with Gasteiger partial charge in [0.1, 0.15) is 17.7 Å². The Balaban J connectivity index is 1.55. The first kappa shape index (κ1) is 38.0. The molecular formula is C41H53N3O7. The Bertz CT molecular complexity index is 1620. The predicted octanol–water partition coefficient (Wildman–Crippen LogP) is 5.31. The maximum absolute atomic E-state index is 15.1. The number of para-hydroxylation sites is 1. The van der Waals surface area contributed by atoms with Gasteiger partial charge in [0.15, 0.2) is 0 Å². The number of likely N-dealkylation sites (tertiary alicyclic amines) is 1. The Morgan fingerprint density at radius 3 is 2.31 bits per heavy atom. The standard InChI is InChI=1S/C41H53N3O7/c1-9-11-20-32(46)42(8)28(7)36(29-18-13-12-14-19-29)50-40(49)33-31-21-22-41(51-31)34(33)38(47)44(30(24-45)25(3)4)37(41)39(48)43(23-10-2)35-26(5)16-15-17-27(35)6/h9-10,12-19,25,28,30-31,33-34,36-37,45H,1-2,11,20-24H2,3-8H3/t28-,30-,31+,33-,34-,36+,37+,41-/m0/s1. The highest BCUT2D eigenvalue weighted by Gasteiger charge is 2.76. The minimum absolute atomic E-state index is 0.110. The summed E-state index contributed by atoms with van der Waals surface area (Å²) in [6.45, 7) is 17.0. The molecule has 2 aromatic rings. The molecular weight excluding hydrogens is 646 g/mol. The molecule has 2 aromatic carbocycles. The van der Waals surface area contributed by atoms with Crippen LogP contribution in [0.25, 0.3) is 0 Å². The molecule has 10 nitrogen and oxygen atoms in total. The number of allylic oxidation sites excluding steroid dienone is 1. The first-order chi connectivity index (χ1) is 24.3. The molecule has 3 saturated heterocycles. The number of aryl methyl sites for hydroxylation is 2. The molecule has 3 heterocycles. The zero-order valence-electron chi connectivity index (χ0n) is 30.8. The number of ether oxygens (including phenoxy) is 2. The molecule has 3 amide bonds. The number of likely N-dealkylation sites (N-methyl/N-ethyl adjacent to an activating group) is 1.